The summed E-state index contributed by atoms with van der Waals surface area (Å²) in [5, 5.41) is 9.55. The number of H-pyrrole nitrogens is 1. The average Bonchev–Trinajstić information content (AvgIpc) is 3.27. The van der Waals surface area contributed by atoms with Gasteiger partial charge >= 0.3 is 0 Å². The molecule has 0 radical (unpaired) electrons. The van der Waals surface area contributed by atoms with Crippen LogP contribution in [0.2, 0.25) is 10.0 Å². The first kappa shape index (κ1) is 24.8. The quantitative estimate of drug-likeness (QED) is 0.268. The Hall–Kier alpha value is -2.86. The molecule has 0 aliphatic carbocycles. The maximum Gasteiger partial charge on any atom is 0.124 e. The molecular weight excluding hydrogens is 491 g/mol. The fraction of sp³-hybridized carbons (Fsp3) is 0.310. The zero-order chi connectivity index (χ0) is 25.1. The molecule has 0 spiro atoms. The van der Waals surface area contributed by atoms with Gasteiger partial charge in [-0.15, -0.1) is 0 Å². The molecule has 2 aromatic carbocycles. The van der Waals surface area contributed by atoms with Crippen molar-refractivity contribution in [2.24, 2.45) is 0 Å². The molecular formula is C29H30Cl2N4O. The van der Waals surface area contributed by atoms with Crippen molar-refractivity contribution in [1.82, 2.24) is 20.1 Å². The lowest BCUT2D eigenvalue weighted by atomic mass is 10.0. The van der Waals surface area contributed by atoms with E-state index >= 15 is 0 Å². The lowest BCUT2D eigenvalue weighted by Crippen LogP contribution is -2.36. The van der Waals surface area contributed by atoms with Gasteiger partial charge in [-0.2, -0.15) is 5.10 Å². The van der Waals surface area contributed by atoms with Crippen molar-refractivity contribution in [3.05, 3.63) is 87.3 Å². The number of hydrogen-bond donors (Lipinski definition) is 1. The largest absolute Gasteiger partial charge is 0.486 e. The molecule has 186 valence electrons. The molecule has 0 saturated carbocycles. The summed E-state index contributed by atoms with van der Waals surface area (Å²) in [6.07, 6.45) is 10.9. The summed E-state index contributed by atoms with van der Waals surface area (Å²) in [6, 6.07) is 15.3. The van der Waals surface area contributed by atoms with Crippen LogP contribution in [-0.2, 0) is 6.54 Å². The summed E-state index contributed by atoms with van der Waals surface area (Å²) in [5.41, 5.74) is 5.02. The number of ether oxygens (including phenoxy) is 1. The van der Waals surface area contributed by atoms with E-state index in [1.165, 1.54) is 31.4 Å². The molecule has 1 N–H and O–H groups in total. The average molecular weight is 521 g/mol. The van der Waals surface area contributed by atoms with Crippen LogP contribution in [0.15, 0.2) is 54.9 Å². The number of pyridine rings is 1. The first-order valence-electron chi connectivity index (χ1n) is 12.4. The smallest absolute Gasteiger partial charge is 0.124 e. The number of hydrogen-bond acceptors (Lipinski definition) is 4. The highest BCUT2D eigenvalue weighted by atomic mass is 35.5. The van der Waals surface area contributed by atoms with E-state index in [9.17, 15) is 0 Å². The Bertz CT molecular complexity index is 1350. The SMILES string of the molecule is CC(Oc1ccc2[nH]nc(/C=C/c3ccc(CN4CCCC[C@@H]4C)cc3)c2c1)c1c(Cl)cncc1Cl. The van der Waals surface area contributed by atoms with Gasteiger partial charge in [0.25, 0.3) is 0 Å². The van der Waals surface area contributed by atoms with Crippen molar-refractivity contribution >= 4 is 46.3 Å². The lowest BCUT2D eigenvalue weighted by Gasteiger charge is -2.33. The predicted molar refractivity (Wildman–Crippen MR) is 148 cm³/mol. The van der Waals surface area contributed by atoms with Gasteiger partial charge in [0.15, 0.2) is 0 Å². The Morgan fingerprint density at radius 3 is 2.61 bits per heavy atom. The van der Waals surface area contributed by atoms with E-state index < -0.39 is 0 Å². The van der Waals surface area contributed by atoms with Crippen LogP contribution in [0, 0.1) is 0 Å². The molecule has 0 bridgehead atoms. The number of nitrogens with zero attached hydrogens (tertiary/aromatic N) is 3. The molecule has 1 aliphatic rings. The van der Waals surface area contributed by atoms with Crippen LogP contribution in [-0.4, -0.2) is 32.7 Å². The minimum atomic E-state index is -0.331. The summed E-state index contributed by atoms with van der Waals surface area (Å²) in [7, 11) is 0. The van der Waals surface area contributed by atoms with Crippen molar-refractivity contribution < 1.29 is 4.74 Å². The third kappa shape index (κ3) is 5.59. The Morgan fingerprint density at radius 2 is 1.86 bits per heavy atom. The molecule has 5 rings (SSSR count). The number of benzene rings is 2. The second-order valence-corrected chi connectivity index (χ2v) is 10.3. The standard InChI is InChI=1S/C29H30Cl2N4O/c1-19-5-3-4-14-35(19)18-22-8-6-21(7-9-22)10-12-27-24-15-23(11-13-28(24)34-33-27)36-20(2)29-25(30)16-32-17-26(29)31/h6-13,15-17,19-20H,3-5,14,18H2,1-2H3,(H,33,34)/b12-10+/t19-,20?/m0/s1. The molecule has 1 aliphatic heterocycles. The Morgan fingerprint density at radius 1 is 1.08 bits per heavy atom. The van der Waals surface area contributed by atoms with E-state index in [0.717, 1.165) is 34.3 Å². The molecule has 5 nitrogen and oxygen atoms in total. The highest BCUT2D eigenvalue weighted by Gasteiger charge is 2.18. The van der Waals surface area contributed by atoms with E-state index in [2.05, 4.69) is 57.3 Å². The number of likely N-dealkylation sites (tertiary alicyclic amines) is 1. The van der Waals surface area contributed by atoms with Gasteiger partial charge in [-0.25, -0.2) is 0 Å². The van der Waals surface area contributed by atoms with Gasteiger partial charge < -0.3 is 4.74 Å². The highest BCUT2D eigenvalue weighted by Crippen LogP contribution is 2.33. The second-order valence-electron chi connectivity index (χ2n) is 9.48. The number of aromatic amines is 1. The van der Waals surface area contributed by atoms with Gasteiger partial charge in [-0.05, 0) is 68.6 Å². The number of aromatic nitrogens is 3. The van der Waals surface area contributed by atoms with Crippen LogP contribution in [0.5, 0.6) is 5.75 Å². The van der Waals surface area contributed by atoms with E-state index in [-0.39, 0.29) is 6.10 Å². The van der Waals surface area contributed by atoms with Gasteiger partial charge in [-0.1, -0.05) is 60.0 Å². The van der Waals surface area contributed by atoms with Crippen LogP contribution in [0.1, 0.15) is 61.6 Å². The molecule has 36 heavy (non-hydrogen) atoms. The lowest BCUT2D eigenvalue weighted by molar-refractivity contribution is 0.152. The Labute approximate surface area is 222 Å². The van der Waals surface area contributed by atoms with Gasteiger partial charge in [0.2, 0.25) is 0 Å². The second kappa shape index (κ2) is 11.0. The van der Waals surface area contributed by atoms with Crippen molar-refractivity contribution in [2.75, 3.05) is 6.54 Å². The van der Waals surface area contributed by atoms with Crippen LogP contribution in [0.25, 0.3) is 23.1 Å². The van der Waals surface area contributed by atoms with E-state index in [4.69, 9.17) is 27.9 Å². The maximum absolute atomic E-state index is 6.30. The zero-order valence-corrected chi connectivity index (χ0v) is 22.1. The third-order valence-electron chi connectivity index (χ3n) is 6.91. The molecule has 1 saturated heterocycles. The summed E-state index contributed by atoms with van der Waals surface area (Å²) in [6.45, 7) is 6.47. The van der Waals surface area contributed by atoms with Crippen molar-refractivity contribution in [1.29, 1.82) is 0 Å². The molecule has 4 aromatic rings. The maximum atomic E-state index is 6.30. The van der Waals surface area contributed by atoms with Gasteiger partial charge in [0.05, 0.1) is 21.3 Å². The number of halogens is 2. The van der Waals surface area contributed by atoms with Crippen LogP contribution < -0.4 is 4.74 Å². The highest BCUT2D eigenvalue weighted by molar-refractivity contribution is 6.35. The number of piperidine rings is 1. The molecule has 1 unspecified atom stereocenters. The van der Waals surface area contributed by atoms with Gasteiger partial charge in [0, 0.05) is 35.9 Å². The van der Waals surface area contributed by atoms with Crippen molar-refractivity contribution in [2.45, 2.75) is 51.8 Å². The normalized spacial score (nSPS) is 17.6. The monoisotopic (exact) mass is 520 g/mol. The number of nitrogens with one attached hydrogen (secondary N) is 1. The zero-order valence-electron chi connectivity index (χ0n) is 20.5. The number of rotatable bonds is 7. The van der Waals surface area contributed by atoms with Crippen LogP contribution in [0.3, 0.4) is 0 Å². The summed E-state index contributed by atoms with van der Waals surface area (Å²) >= 11 is 12.6. The van der Waals surface area contributed by atoms with Crippen LogP contribution >= 0.6 is 23.2 Å². The number of fused-ring (bicyclic) bond motifs is 1. The minimum absolute atomic E-state index is 0.331. The predicted octanol–water partition coefficient (Wildman–Crippen LogP) is 7.95. The van der Waals surface area contributed by atoms with E-state index in [0.29, 0.717) is 21.8 Å². The molecule has 1 fully saturated rings. The third-order valence-corrected chi connectivity index (χ3v) is 7.52. The minimum Gasteiger partial charge on any atom is -0.486 e. The summed E-state index contributed by atoms with van der Waals surface area (Å²) in [4.78, 5) is 6.60. The molecule has 3 heterocycles. The van der Waals surface area contributed by atoms with Crippen molar-refractivity contribution in [3.8, 4) is 5.75 Å². The first-order chi connectivity index (χ1) is 17.5. The summed E-state index contributed by atoms with van der Waals surface area (Å²) in [5.74, 6) is 0.714. The summed E-state index contributed by atoms with van der Waals surface area (Å²) < 4.78 is 6.17. The van der Waals surface area contributed by atoms with E-state index in [1.54, 1.807) is 12.4 Å². The van der Waals surface area contributed by atoms with Gasteiger partial charge in [-0.3, -0.25) is 15.0 Å². The molecule has 0 amide bonds. The van der Waals surface area contributed by atoms with Gasteiger partial charge in [0.1, 0.15) is 11.9 Å². The Kier molecular flexibility index (Phi) is 7.61. The van der Waals surface area contributed by atoms with Crippen molar-refractivity contribution in [3.63, 3.8) is 0 Å². The van der Waals surface area contributed by atoms with E-state index in [1.807, 2.05) is 31.2 Å². The topological polar surface area (TPSA) is 54.0 Å². The molecule has 2 atom stereocenters. The fourth-order valence-electron chi connectivity index (χ4n) is 4.82. The Balaban J connectivity index is 1.29. The molecule has 2 aromatic heterocycles. The molecule has 7 heteroatoms. The first-order valence-corrected chi connectivity index (χ1v) is 13.2. The van der Waals surface area contributed by atoms with Crippen LogP contribution in [0.4, 0.5) is 0 Å². The fourth-order valence-corrected chi connectivity index (χ4v) is 5.49.